The molecule has 0 unspecified atom stereocenters. The van der Waals surface area contributed by atoms with Gasteiger partial charge in [-0.05, 0) is 24.7 Å². The van der Waals surface area contributed by atoms with Crippen LogP contribution in [0, 0.1) is 0 Å². The number of hydrogen-bond donors (Lipinski definition) is 2. The van der Waals surface area contributed by atoms with Gasteiger partial charge in [0.25, 0.3) is 0 Å². The molecule has 1 aromatic heterocycles. The first kappa shape index (κ1) is 18.9. The molecular weight excluding hydrogens is 400 g/mol. The number of piperazine rings is 1. The van der Waals surface area contributed by atoms with Gasteiger partial charge in [-0.3, -0.25) is 9.69 Å². The number of anilines is 1. The molecule has 0 atom stereocenters. The number of halogens is 1. The highest BCUT2D eigenvalue weighted by Gasteiger charge is 2.22. The number of benzene rings is 1. The number of H-pyrrole nitrogens is 1. The van der Waals surface area contributed by atoms with Crippen molar-refractivity contribution in [2.24, 2.45) is 0 Å². The molecule has 1 fully saturated rings. The van der Waals surface area contributed by atoms with E-state index in [0.717, 1.165) is 48.1 Å². The van der Waals surface area contributed by atoms with E-state index in [4.69, 9.17) is 4.74 Å². The summed E-state index contributed by atoms with van der Waals surface area (Å²) in [6.45, 7) is 7.15. The number of likely N-dealkylation sites (N-methyl/N-ethyl adjacent to an activating group) is 1. The third-order valence-corrected chi connectivity index (χ3v) is 5.19. The number of nitrogens with one attached hydrogen (secondary N) is 2. The maximum absolute atomic E-state index is 12.6. The van der Waals surface area contributed by atoms with Crippen molar-refractivity contribution in [3.8, 4) is 0 Å². The molecule has 26 heavy (non-hydrogen) atoms. The smallest absolute Gasteiger partial charge is 0.356 e. The van der Waals surface area contributed by atoms with Gasteiger partial charge in [0.05, 0.1) is 19.3 Å². The van der Waals surface area contributed by atoms with Gasteiger partial charge < -0.3 is 19.9 Å². The van der Waals surface area contributed by atoms with Crippen LogP contribution in [0.15, 0.2) is 22.7 Å². The lowest BCUT2D eigenvalue weighted by atomic mass is 10.2. The molecule has 1 aliphatic rings. The largest absolute Gasteiger partial charge is 0.464 e. The molecule has 0 spiro atoms. The minimum absolute atomic E-state index is 0.138. The molecule has 1 aliphatic heterocycles. The summed E-state index contributed by atoms with van der Waals surface area (Å²) >= 11 is 3.43. The molecule has 2 N–H and O–H groups in total. The number of ether oxygens (including phenoxy) is 1. The highest BCUT2D eigenvalue weighted by Crippen LogP contribution is 2.30. The molecule has 3 rings (SSSR count). The molecule has 0 saturated carbocycles. The summed E-state index contributed by atoms with van der Waals surface area (Å²) in [6, 6.07) is 5.60. The summed E-state index contributed by atoms with van der Waals surface area (Å²) in [5, 5.41) is 3.67. The van der Waals surface area contributed by atoms with Crippen molar-refractivity contribution in [2.45, 2.75) is 6.92 Å². The van der Waals surface area contributed by atoms with Gasteiger partial charge in [-0.15, -0.1) is 0 Å². The van der Waals surface area contributed by atoms with Crippen LogP contribution in [0.1, 0.15) is 17.4 Å². The number of methoxy groups -OCH3 is 1. The summed E-state index contributed by atoms with van der Waals surface area (Å²) < 4.78 is 5.71. The van der Waals surface area contributed by atoms with Crippen LogP contribution in [-0.4, -0.2) is 73.0 Å². The number of hydrogen-bond acceptors (Lipinski definition) is 5. The predicted octanol–water partition coefficient (Wildman–Crippen LogP) is 2.29. The highest BCUT2D eigenvalue weighted by atomic mass is 79.9. The lowest BCUT2D eigenvalue weighted by Crippen LogP contribution is -2.48. The van der Waals surface area contributed by atoms with E-state index in [1.54, 1.807) is 0 Å². The number of carbonyl (C=O) groups excluding carboxylic acids is 2. The number of rotatable bonds is 5. The third-order valence-electron chi connectivity index (χ3n) is 4.69. The molecule has 2 aromatic rings. The predicted molar refractivity (Wildman–Crippen MR) is 105 cm³/mol. The Morgan fingerprint density at radius 3 is 2.58 bits per heavy atom. The summed E-state index contributed by atoms with van der Waals surface area (Å²) in [4.78, 5) is 32.2. The second-order valence-electron chi connectivity index (χ2n) is 6.32. The molecular formula is C18H23BrN4O3. The normalized spacial score (nSPS) is 16.0. The number of amides is 1. The van der Waals surface area contributed by atoms with Crippen LogP contribution < -0.4 is 5.32 Å². The van der Waals surface area contributed by atoms with Crippen LogP contribution in [0.5, 0.6) is 0 Å². The molecule has 8 heteroatoms. The summed E-state index contributed by atoms with van der Waals surface area (Å²) in [5.41, 5.74) is 1.48. The Hall–Kier alpha value is -1.90. The van der Waals surface area contributed by atoms with Gasteiger partial charge in [0.1, 0.15) is 5.69 Å². The zero-order valence-corrected chi connectivity index (χ0v) is 16.6. The second kappa shape index (κ2) is 8.20. The van der Waals surface area contributed by atoms with Crippen LogP contribution in [0.2, 0.25) is 0 Å². The van der Waals surface area contributed by atoms with E-state index < -0.39 is 5.97 Å². The average molecular weight is 423 g/mol. The van der Waals surface area contributed by atoms with Crippen molar-refractivity contribution in [3.05, 3.63) is 28.4 Å². The number of nitrogens with zero attached hydrogens (tertiary/aromatic N) is 2. The second-order valence-corrected chi connectivity index (χ2v) is 7.23. The Bertz CT molecular complexity index is 812. The number of esters is 1. The molecule has 2 heterocycles. The van der Waals surface area contributed by atoms with Crippen LogP contribution in [-0.2, 0) is 9.53 Å². The standard InChI is InChI=1S/C18H23BrN4O3/c1-3-22-6-8-23(9-7-22)11-15(24)21-16-13-10-12(19)4-5-14(13)20-17(16)18(25)26-2/h4-5,10,20H,3,6-9,11H2,1-2H3,(H,21,24). The van der Waals surface area contributed by atoms with E-state index in [0.29, 0.717) is 12.2 Å². The molecule has 1 amide bonds. The molecule has 1 saturated heterocycles. The van der Waals surface area contributed by atoms with Crippen LogP contribution in [0.3, 0.4) is 0 Å². The van der Waals surface area contributed by atoms with Crippen LogP contribution >= 0.6 is 15.9 Å². The van der Waals surface area contributed by atoms with Gasteiger partial charge in [0.15, 0.2) is 0 Å². The Morgan fingerprint density at radius 2 is 1.92 bits per heavy atom. The molecule has 7 nitrogen and oxygen atoms in total. The molecule has 0 aliphatic carbocycles. The lowest BCUT2D eigenvalue weighted by Gasteiger charge is -2.33. The average Bonchev–Trinajstić information content (AvgIpc) is 2.99. The van der Waals surface area contributed by atoms with Crippen molar-refractivity contribution >= 4 is 44.4 Å². The van der Waals surface area contributed by atoms with Crippen LogP contribution in [0.4, 0.5) is 5.69 Å². The minimum Gasteiger partial charge on any atom is -0.464 e. The third kappa shape index (κ3) is 4.08. The van der Waals surface area contributed by atoms with Crippen molar-refractivity contribution < 1.29 is 14.3 Å². The molecule has 140 valence electrons. The summed E-state index contributed by atoms with van der Waals surface area (Å²) in [7, 11) is 1.32. The van der Waals surface area contributed by atoms with E-state index in [1.165, 1.54) is 7.11 Å². The fourth-order valence-corrected chi connectivity index (χ4v) is 3.56. The van der Waals surface area contributed by atoms with Gasteiger partial charge in [-0.1, -0.05) is 22.9 Å². The Balaban J connectivity index is 1.77. The van der Waals surface area contributed by atoms with E-state index in [9.17, 15) is 9.59 Å². The van der Waals surface area contributed by atoms with Crippen molar-refractivity contribution in [2.75, 3.05) is 51.7 Å². The van der Waals surface area contributed by atoms with Gasteiger partial charge in [0, 0.05) is 41.6 Å². The maximum atomic E-state index is 12.6. The first-order chi connectivity index (χ1) is 12.5. The van der Waals surface area contributed by atoms with Gasteiger partial charge in [-0.25, -0.2) is 4.79 Å². The van der Waals surface area contributed by atoms with E-state index in [1.807, 2.05) is 18.2 Å². The topological polar surface area (TPSA) is 77.7 Å². The van der Waals surface area contributed by atoms with Crippen molar-refractivity contribution in [1.82, 2.24) is 14.8 Å². The van der Waals surface area contributed by atoms with Crippen molar-refractivity contribution in [3.63, 3.8) is 0 Å². The van der Waals surface area contributed by atoms with Crippen molar-refractivity contribution in [1.29, 1.82) is 0 Å². The van der Waals surface area contributed by atoms with Crippen LogP contribution in [0.25, 0.3) is 10.9 Å². The number of aromatic amines is 1. The number of aromatic nitrogens is 1. The molecule has 1 aromatic carbocycles. The monoisotopic (exact) mass is 422 g/mol. The van der Waals surface area contributed by atoms with Gasteiger partial charge in [0.2, 0.25) is 5.91 Å². The Morgan fingerprint density at radius 1 is 1.23 bits per heavy atom. The van der Waals surface area contributed by atoms with E-state index in [2.05, 4.69) is 43.0 Å². The molecule has 0 bridgehead atoms. The SMILES string of the molecule is CCN1CCN(CC(=O)Nc2c(C(=O)OC)[nH]c3ccc(Br)cc23)CC1. The zero-order chi connectivity index (χ0) is 18.7. The van der Waals surface area contributed by atoms with Gasteiger partial charge in [-0.2, -0.15) is 0 Å². The fourth-order valence-electron chi connectivity index (χ4n) is 3.19. The molecule has 0 radical (unpaired) electrons. The summed E-state index contributed by atoms with van der Waals surface area (Å²) in [5.74, 6) is -0.648. The number of carbonyl (C=O) groups is 2. The van der Waals surface area contributed by atoms with Gasteiger partial charge >= 0.3 is 5.97 Å². The quantitative estimate of drug-likeness (QED) is 0.722. The zero-order valence-electron chi connectivity index (χ0n) is 15.0. The maximum Gasteiger partial charge on any atom is 0.356 e. The Kier molecular flexibility index (Phi) is 5.95. The fraction of sp³-hybridized carbons (Fsp3) is 0.444. The lowest BCUT2D eigenvalue weighted by molar-refractivity contribution is -0.117. The summed E-state index contributed by atoms with van der Waals surface area (Å²) in [6.07, 6.45) is 0. The number of fused-ring (bicyclic) bond motifs is 1. The first-order valence-electron chi connectivity index (χ1n) is 8.66. The first-order valence-corrected chi connectivity index (χ1v) is 9.45. The minimum atomic E-state index is -0.510. The highest BCUT2D eigenvalue weighted by molar-refractivity contribution is 9.10. The Labute approximate surface area is 160 Å². The van der Waals surface area contributed by atoms with E-state index >= 15 is 0 Å². The van der Waals surface area contributed by atoms with E-state index in [-0.39, 0.29) is 11.6 Å².